The highest BCUT2D eigenvalue weighted by Gasteiger charge is 2.23. The first-order valence-corrected chi connectivity index (χ1v) is 6.74. The molecule has 20 heavy (non-hydrogen) atoms. The van der Waals surface area contributed by atoms with Crippen LogP contribution >= 0.6 is 0 Å². The smallest absolute Gasteiger partial charge is 0.222 e. The Hall–Kier alpha value is -2.15. The zero-order valence-corrected chi connectivity index (χ0v) is 11.7. The molecule has 3 rings (SSSR count). The number of likely N-dealkylation sites (N-methyl/N-ethyl adjacent to an activating group) is 1. The van der Waals surface area contributed by atoms with Crippen LogP contribution in [0.5, 0.6) is 0 Å². The molecule has 3 heterocycles. The van der Waals surface area contributed by atoms with E-state index in [1.54, 1.807) is 6.20 Å². The predicted molar refractivity (Wildman–Crippen MR) is 78.4 cm³/mol. The fourth-order valence-electron chi connectivity index (χ4n) is 2.55. The molecule has 2 aromatic heterocycles. The van der Waals surface area contributed by atoms with Gasteiger partial charge in [0.05, 0.1) is 17.6 Å². The summed E-state index contributed by atoms with van der Waals surface area (Å²) in [5.74, 6) is 1.17. The summed E-state index contributed by atoms with van der Waals surface area (Å²) in [6, 6.07) is 2.47. The van der Waals surface area contributed by atoms with Gasteiger partial charge in [-0.3, -0.25) is 5.10 Å². The first-order valence-electron chi connectivity index (χ1n) is 6.74. The van der Waals surface area contributed by atoms with Gasteiger partial charge in [-0.05, 0) is 26.0 Å². The third-order valence-corrected chi connectivity index (χ3v) is 3.74. The van der Waals surface area contributed by atoms with Crippen LogP contribution in [0.4, 0.5) is 11.8 Å². The number of aryl methyl sites for hydroxylation is 1. The highest BCUT2D eigenvalue weighted by Crippen LogP contribution is 2.25. The third-order valence-electron chi connectivity index (χ3n) is 3.74. The lowest BCUT2D eigenvalue weighted by Gasteiger charge is -2.18. The Bertz CT molecular complexity index is 607. The Morgan fingerprint density at radius 3 is 2.95 bits per heavy atom. The fraction of sp³-hybridized carbons (Fsp3) is 0.462. The molecule has 1 fully saturated rings. The van der Waals surface area contributed by atoms with Crippen molar-refractivity contribution in [2.75, 3.05) is 30.8 Å². The van der Waals surface area contributed by atoms with Crippen LogP contribution in [0.1, 0.15) is 12.0 Å². The van der Waals surface area contributed by atoms with Gasteiger partial charge in [0.25, 0.3) is 0 Å². The molecule has 1 aliphatic heterocycles. The average molecular weight is 273 g/mol. The first kappa shape index (κ1) is 12.9. The second kappa shape index (κ2) is 5.09. The Balaban J connectivity index is 1.93. The van der Waals surface area contributed by atoms with E-state index in [9.17, 15) is 0 Å². The van der Waals surface area contributed by atoms with Crippen LogP contribution in [0.15, 0.2) is 12.3 Å². The number of anilines is 2. The SMILES string of the molecule is CN[C@@H]1CCN(c2cc(-c3[nH]ncc3C)nc(N)n2)C1. The van der Waals surface area contributed by atoms with Gasteiger partial charge in [0.15, 0.2) is 0 Å². The second-order valence-corrected chi connectivity index (χ2v) is 5.12. The largest absolute Gasteiger partial charge is 0.368 e. The molecular weight excluding hydrogens is 254 g/mol. The maximum atomic E-state index is 5.85. The number of hydrogen-bond donors (Lipinski definition) is 3. The van der Waals surface area contributed by atoms with Gasteiger partial charge in [0, 0.05) is 25.2 Å². The van der Waals surface area contributed by atoms with Crippen LogP contribution in [0.25, 0.3) is 11.4 Å². The lowest BCUT2D eigenvalue weighted by molar-refractivity contribution is 0.616. The van der Waals surface area contributed by atoms with Crippen LogP contribution in [0.2, 0.25) is 0 Å². The molecule has 0 aromatic carbocycles. The lowest BCUT2D eigenvalue weighted by atomic mass is 10.2. The van der Waals surface area contributed by atoms with Gasteiger partial charge in [-0.1, -0.05) is 0 Å². The molecule has 7 nitrogen and oxygen atoms in total. The number of nitrogens with two attached hydrogens (primary N) is 1. The van der Waals surface area contributed by atoms with Crippen LogP contribution in [0, 0.1) is 6.92 Å². The topological polar surface area (TPSA) is 95.8 Å². The molecule has 1 aliphatic rings. The first-order chi connectivity index (χ1) is 9.67. The van der Waals surface area contributed by atoms with E-state index in [2.05, 4.69) is 30.4 Å². The van der Waals surface area contributed by atoms with Crippen LogP contribution in [-0.4, -0.2) is 46.3 Å². The summed E-state index contributed by atoms with van der Waals surface area (Å²) in [6.07, 6.45) is 2.89. The van der Waals surface area contributed by atoms with Crippen molar-refractivity contribution in [2.45, 2.75) is 19.4 Å². The number of nitrogens with one attached hydrogen (secondary N) is 2. The van der Waals surface area contributed by atoms with Gasteiger partial charge in [0.2, 0.25) is 5.95 Å². The van der Waals surface area contributed by atoms with Crippen molar-refractivity contribution in [3.05, 3.63) is 17.8 Å². The summed E-state index contributed by atoms with van der Waals surface area (Å²) in [6.45, 7) is 3.90. The van der Waals surface area contributed by atoms with Crippen molar-refractivity contribution < 1.29 is 0 Å². The molecule has 0 unspecified atom stereocenters. The minimum absolute atomic E-state index is 0.291. The minimum atomic E-state index is 0.291. The molecule has 7 heteroatoms. The molecule has 0 spiro atoms. The predicted octanol–water partition coefficient (Wildman–Crippen LogP) is 0.555. The number of aromatic nitrogens is 4. The van der Waals surface area contributed by atoms with E-state index in [-0.39, 0.29) is 0 Å². The van der Waals surface area contributed by atoms with Crippen molar-refractivity contribution >= 4 is 11.8 Å². The van der Waals surface area contributed by atoms with E-state index in [4.69, 9.17) is 5.73 Å². The summed E-state index contributed by atoms with van der Waals surface area (Å²) < 4.78 is 0. The van der Waals surface area contributed by atoms with Crippen LogP contribution < -0.4 is 16.0 Å². The van der Waals surface area contributed by atoms with Gasteiger partial charge in [-0.25, -0.2) is 4.98 Å². The Morgan fingerprint density at radius 1 is 1.45 bits per heavy atom. The second-order valence-electron chi connectivity index (χ2n) is 5.12. The molecule has 1 atom stereocenters. The third kappa shape index (κ3) is 2.32. The van der Waals surface area contributed by atoms with Crippen LogP contribution in [-0.2, 0) is 0 Å². The van der Waals surface area contributed by atoms with E-state index in [0.29, 0.717) is 12.0 Å². The maximum absolute atomic E-state index is 5.85. The summed E-state index contributed by atoms with van der Waals surface area (Å²) in [5, 5.41) is 10.3. The highest BCUT2D eigenvalue weighted by molar-refractivity contribution is 5.63. The van der Waals surface area contributed by atoms with Gasteiger partial charge >= 0.3 is 0 Å². The number of nitrogen functional groups attached to an aromatic ring is 1. The molecule has 106 valence electrons. The lowest BCUT2D eigenvalue weighted by Crippen LogP contribution is -2.30. The number of H-pyrrole nitrogens is 1. The Morgan fingerprint density at radius 2 is 2.30 bits per heavy atom. The summed E-state index contributed by atoms with van der Waals surface area (Å²) >= 11 is 0. The number of hydrogen-bond acceptors (Lipinski definition) is 6. The van der Waals surface area contributed by atoms with E-state index in [1.165, 1.54) is 0 Å². The molecule has 0 aliphatic carbocycles. The monoisotopic (exact) mass is 273 g/mol. The van der Waals surface area contributed by atoms with Gasteiger partial charge in [-0.15, -0.1) is 0 Å². The summed E-state index contributed by atoms with van der Waals surface area (Å²) in [7, 11) is 1.99. The Kier molecular flexibility index (Phi) is 3.27. The molecule has 2 aromatic rings. The fourth-order valence-corrected chi connectivity index (χ4v) is 2.55. The van der Waals surface area contributed by atoms with Crippen molar-refractivity contribution in [3.63, 3.8) is 0 Å². The summed E-state index contributed by atoms with van der Waals surface area (Å²) in [5.41, 5.74) is 8.58. The highest BCUT2D eigenvalue weighted by atomic mass is 15.2. The molecule has 0 saturated carbocycles. The molecule has 0 bridgehead atoms. The van der Waals surface area contributed by atoms with Crippen molar-refractivity contribution in [1.82, 2.24) is 25.5 Å². The van der Waals surface area contributed by atoms with E-state index >= 15 is 0 Å². The maximum Gasteiger partial charge on any atom is 0.222 e. The normalized spacial score (nSPS) is 18.7. The molecule has 4 N–H and O–H groups in total. The van der Waals surface area contributed by atoms with Crippen molar-refractivity contribution in [2.24, 2.45) is 0 Å². The van der Waals surface area contributed by atoms with Gasteiger partial charge < -0.3 is 16.0 Å². The zero-order chi connectivity index (χ0) is 14.1. The number of aromatic amines is 1. The average Bonchev–Trinajstić information content (AvgIpc) is 3.06. The molecule has 0 amide bonds. The standard InChI is InChI=1S/C13H19N7/c1-8-6-16-19-12(8)10-5-11(18-13(14)17-10)20-4-3-9(7-20)15-2/h5-6,9,15H,3-4,7H2,1-2H3,(H,16,19)(H2,14,17,18)/t9-/m1/s1. The Labute approximate surface area is 117 Å². The van der Waals surface area contributed by atoms with Crippen molar-refractivity contribution in [1.29, 1.82) is 0 Å². The van der Waals surface area contributed by atoms with Crippen LogP contribution in [0.3, 0.4) is 0 Å². The number of rotatable bonds is 3. The molecule has 1 saturated heterocycles. The van der Waals surface area contributed by atoms with Crippen molar-refractivity contribution in [3.8, 4) is 11.4 Å². The summed E-state index contributed by atoms with van der Waals surface area (Å²) in [4.78, 5) is 10.9. The van der Waals surface area contributed by atoms with Gasteiger partial charge in [0.1, 0.15) is 5.82 Å². The molecular formula is C13H19N7. The quantitative estimate of drug-likeness (QED) is 0.756. The zero-order valence-electron chi connectivity index (χ0n) is 11.7. The van der Waals surface area contributed by atoms with E-state index in [0.717, 1.165) is 42.3 Å². The van der Waals surface area contributed by atoms with Gasteiger partial charge in [-0.2, -0.15) is 10.1 Å². The molecule has 0 radical (unpaired) electrons. The minimum Gasteiger partial charge on any atom is -0.368 e. The van der Waals surface area contributed by atoms with E-state index < -0.39 is 0 Å². The number of nitrogens with zero attached hydrogens (tertiary/aromatic N) is 4. The van der Waals surface area contributed by atoms with E-state index in [1.807, 2.05) is 20.0 Å².